The summed E-state index contributed by atoms with van der Waals surface area (Å²) in [7, 11) is 0. The van der Waals surface area contributed by atoms with Crippen LogP contribution in [-0.4, -0.2) is 33.2 Å². The van der Waals surface area contributed by atoms with Crippen LogP contribution >= 0.6 is 0 Å². The summed E-state index contributed by atoms with van der Waals surface area (Å²) in [4.78, 5) is 23.2. The van der Waals surface area contributed by atoms with E-state index in [0.717, 1.165) is 5.56 Å². The zero-order chi connectivity index (χ0) is 17.4. The summed E-state index contributed by atoms with van der Waals surface area (Å²) >= 11 is 0. The summed E-state index contributed by atoms with van der Waals surface area (Å²) in [5.41, 5.74) is 1.39. The lowest BCUT2D eigenvalue weighted by molar-refractivity contribution is -0.137. The summed E-state index contributed by atoms with van der Waals surface area (Å²) < 4.78 is 6.14. The van der Waals surface area contributed by atoms with Gasteiger partial charge in [-0.3, -0.25) is 9.36 Å². The van der Waals surface area contributed by atoms with Crippen molar-refractivity contribution in [2.45, 2.75) is 13.5 Å². The minimum Gasteiger partial charge on any atom is -0.463 e. The van der Waals surface area contributed by atoms with E-state index in [9.17, 15) is 9.59 Å². The minimum absolute atomic E-state index is 0.0552. The smallest absolute Gasteiger partial charge is 0.330 e. The summed E-state index contributed by atoms with van der Waals surface area (Å²) in [6, 6.07) is 8.77. The molecular weight excluding hydrogens is 310 g/mol. The van der Waals surface area contributed by atoms with Crippen LogP contribution < -0.4 is 5.32 Å². The van der Waals surface area contributed by atoms with Crippen molar-refractivity contribution in [1.29, 1.82) is 5.26 Å². The maximum Gasteiger partial charge on any atom is 0.330 e. The highest BCUT2D eigenvalue weighted by Gasteiger charge is 2.08. The number of benzene rings is 1. The number of hydrogen-bond donors (Lipinski definition) is 1. The first-order valence-electron chi connectivity index (χ1n) is 7.15. The van der Waals surface area contributed by atoms with Crippen LogP contribution in [0.4, 0.5) is 5.69 Å². The van der Waals surface area contributed by atoms with E-state index in [4.69, 9.17) is 10.00 Å². The molecule has 0 fully saturated rings. The van der Waals surface area contributed by atoms with Gasteiger partial charge in [-0.15, -0.1) is 10.2 Å². The SMILES string of the molecule is CCOC(=O)/C=C/c1ccc(NC(=O)Cn2cnnc2C#N)cc1. The first-order chi connectivity index (χ1) is 11.6. The third-order valence-electron chi connectivity index (χ3n) is 2.92. The van der Waals surface area contributed by atoms with Gasteiger partial charge in [0.15, 0.2) is 0 Å². The van der Waals surface area contributed by atoms with Gasteiger partial charge in [-0.05, 0) is 30.7 Å². The lowest BCUT2D eigenvalue weighted by atomic mass is 10.2. The number of nitrogens with zero attached hydrogens (tertiary/aromatic N) is 4. The topological polar surface area (TPSA) is 110 Å². The Labute approximate surface area is 138 Å². The van der Waals surface area contributed by atoms with Gasteiger partial charge in [-0.1, -0.05) is 12.1 Å². The Kier molecular flexibility index (Phi) is 5.80. The monoisotopic (exact) mass is 325 g/mol. The molecule has 0 aliphatic rings. The van der Waals surface area contributed by atoms with Gasteiger partial charge in [0, 0.05) is 11.8 Å². The van der Waals surface area contributed by atoms with Gasteiger partial charge in [0.05, 0.1) is 6.61 Å². The lowest BCUT2D eigenvalue weighted by Gasteiger charge is -2.06. The van der Waals surface area contributed by atoms with Crippen LogP contribution in [0, 0.1) is 11.3 Å². The molecule has 1 heterocycles. The number of nitrogens with one attached hydrogen (secondary N) is 1. The molecule has 8 nitrogen and oxygen atoms in total. The molecule has 1 N–H and O–H groups in total. The molecule has 0 aliphatic carbocycles. The van der Waals surface area contributed by atoms with E-state index in [1.807, 2.05) is 6.07 Å². The number of anilines is 1. The van der Waals surface area contributed by atoms with Crippen molar-refractivity contribution in [3.05, 3.63) is 48.1 Å². The van der Waals surface area contributed by atoms with E-state index in [1.54, 1.807) is 37.3 Å². The molecule has 0 unspecified atom stereocenters. The summed E-state index contributed by atoms with van der Waals surface area (Å²) in [6.07, 6.45) is 4.29. The van der Waals surface area contributed by atoms with Gasteiger partial charge >= 0.3 is 5.97 Å². The third kappa shape index (κ3) is 4.78. The summed E-state index contributed by atoms with van der Waals surface area (Å²) in [6.45, 7) is 2.01. The number of carbonyl (C=O) groups is 2. The fourth-order valence-corrected chi connectivity index (χ4v) is 1.84. The Morgan fingerprint density at radius 2 is 2.12 bits per heavy atom. The standard InChI is InChI=1S/C16H15N5O3/c1-2-24-16(23)8-5-12-3-6-13(7-4-12)19-15(22)10-21-11-18-20-14(21)9-17/h3-8,11H,2,10H2,1H3,(H,19,22)/b8-5+. The van der Waals surface area contributed by atoms with Crippen molar-refractivity contribution in [3.8, 4) is 6.07 Å². The first kappa shape index (κ1) is 16.9. The van der Waals surface area contributed by atoms with Gasteiger partial charge < -0.3 is 10.1 Å². The maximum absolute atomic E-state index is 11.9. The largest absolute Gasteiger partial charge is 0.463 e. The summed E-state index contributed by atoms with van der Waals surface area (Å²) in [5, 5.41) is 18.7. The molecule has 0 radical (unpaired) electrons. The number of ether oxygens (including phenoxy) is 1. The van der Waals surface area contributed by atoms with E-state index in [0.29, 0.717) is 12.3 Å². The molecule has 1 aromatic heterocycles. The predicted molar refractivity (Wildman–Crippen MR) is 85.5 cm³/mol. The van der Waals surface area contributed by atoms with E-state index >= 15 is 0 Å². The molecule has 0 spiro atoms. The van der Waals surface area contributed by atoms with E-state index in [2.05, 4.69) is 15.5 Å². The van der Waals surface area contributed by atoms with Gasteiger partial charge in [-0.25, -0.2) is 4.79 Å². The van der Waals surface area contributed by atoms with E-state index in [1.165, 1.54) is 17.0 Å². The molecule has 2 aromatic rings. The highest BCUT2D eigenvalue weighted by atomic mass is 16.5. The van der Waals surface area contributed by atoms with Gasteiger partial charge in [0.2, 0.25) is 11.7 Å². The number of aromatic nitrogens is 3. The Morgan fingerprint density at radius 1 is 1.38 bits per heavy atom. The van der Waals surface area contributed by atoms with Crippen molar-refractivity contribution in [1.82, 2.24) is 14.8 Å². The van der Waals surface area contributed by atoms with Crippen LogP contribution in [0.15, 0.2) is 36.7 Å². The Balaban J connectivity index is 1.93. The molecule has 0 saturated carbocycles. The van der Waals surface area contributed by atoms with Crippen LogP contribution in [0.25, 0.3) is 6.08 Å². The molecular formula is C16H15N5O3. The first-order valence-corrected chi connectivity index (χ1v) is 7.15. The minimum atomic E-state index is -0.405. The molecule has 8 heteroatoms. The lowest BCUT2D eigenvalue weighted by Crippen LogP contribution is -2.19. The summed E-state index contributed by atoms with van der Waals surface area (Å²) in [5.74, 6) is -0.636. The Morgan fingerprint density at radius 3 is 2.79 bits per heavy atom. The molecule has 24 heavy (non-hydrogen) atoms. The Bertz CT molecular complexity index is 787. The van der Waals surface area contributed by atoms with E-state index in [-0.39, 0.29) is 18.3 Å². The van der Waals surface area contributed by atoms with Crippen LogP contribution in [0.3, 0.4) is 0 Å². The highest BCUT2D eigenvalue weighted by Crippen LogP contribution is 2.11. The molecule has 1 amide bonds. The molecule has 0 atom stereocenters. The number of esters is 1. The number of hydrogen-bond acceptors (Lipinski definition) is 6. The second-order valence-corrected chi connectivity index (χ2v) is 4.65. The molecule has 0 saturated heterocycles. The number of carbonyl (C=O) groups excluding carboxylic acids is 2. The van der Waals surface area contributed by atoms with Gasteiger partial charge in [-0.2, -0.15) is 5.26 Å². The fourth-order valence-electron chi connectivity index (χ4n) is 1.84. The second kappa shape index (κ2) is 8.24. The quantitative estimate of drug-likeness (QED) is 0.634. The van der Waals surface area contributed by atoms with Gasteiger partial charge in [0.1, 0.15) is 18.9 Å². The van der Waals surface area contributed by atoms with Crippen molar-refractivity contribution in [3.63, 3.8) is 0 Å². The van der Waals surface area contributed by atoms with E-state index < -0.39 is 5.97 Å². The average Bonchev–Trinajstić information content (AvgIpc) is 3.01. The third-order valence-corrected chi connectivity index (χ3v) is 2.92. The van der Waals surface area contributed by atoms with Gasteiger partial charge in [0.25, 0.3) is 0 Å². The number of amides is 1. The highest BCUT2D eigenvalue weighted by molar-refractivity contribution is 5.91. The van der Waals surface area contributed by atoms with Crippen LogP contribution in [0.5, 0.6) is 0 Å². The molecule has 122 valence electrons. The maximum atomic E-state index is 11.9. The predicted octanol–water partition coefficient (Wildman–Crippen LogP) is 1.36. The average molecular weight is 325 g/mol. The van der Waals surface area contributed by atoms with Crippen molar-refractivity contribution < 1.29 is 14.3 Å². The van der Waals surface area contributed by atoms with Crippen LogP contribution in [-0.2, 0) is 20.9 Å². The molecule has 0 aliphatic heterocycles. The van der Waals surface area contributed by atoms with Crippen molar-refractivity contribution in [2.75, 3.05) is 11.9 Å². The normalized spacial score (nSPS) is 10.3. The molecule has 1 aromatic carbocycles. The van der Waals surface area contributed by atoms with Crippen molar-refractivity contribution in [2.24, 2.45) is 0 Å². The second-order valence-electron chi connectivity index (χ2n) is 4.65. The number of nitriles is 1. The van der Waals surface area contributed by atoms with Crippen LogP contribution in [0.1, 0.15) is 18.3 Å². The van der Waals surface area contributed by atoms with Crippen molar-refractivity contribution >= 4 is 23.6 Å². The molecule has 2 rings (SSSR count). The fraction of sp³-hybridized carbons (Fsp3) is 0.188. The zero-order valence-electron chi connectivity index (χ0n) is 13.0. The van der Waals surface area contributed by atoms with Crippen LogP contribution in [0.2, 0.25) is 0 Å². The molecule has 0 bridgehead atoms. The number of rotatable bonds is 6. The Hall–Kier alpha value is -3.47. The zero-order valence-corrected chi connectivity index (χ0v) is 13.0.